The van der Waals surface area contributed by atoms with Gasteiger partial charge in [-0.1, -0.05) is 59.8 Å². The van der Waals surface area contributed by atoms with Crippen LogP contribution in [0.5, 0.6) is 0 Å². The van der Waals surface area contributed by atoms with E-state index >= 15 is 0 Å². The standard InChI is InChI=1S/C43H55N5O7/c1-6-53-39(49)26-37(34-14-13-33-19-23-47(27-35(33)25-34)42(51)55-43(3,4)5)36-15-16-38-40(30(36)2)44-45-48(38)20-10-24-52-28-32-17-21-46(22-18-32)41(50)54-29-31-11-8-7-9-12-31/h7-9,11-16,25,32,37H,6,10,17-24,26-29H2,1-5H3/t37-/m0/s1. The van der Waals surface area contributed by atoms with Crippen molar-refractivity contribution in [2.75, 3.05) is 39.5 Å². The summed E-state index contributed by atoms with van der Waals surface area (Å²) < 4.78 is 24.6. The predicted octanol–water partition coefficient (Wildman–Crippen LogP) is 7.57. The average Bonchev–Trinajstić information content (AvgIpc) is 3.59. The molecule has 4 aromatic rings. The molecule has 12 nitrogen and oxygen atoms in total. The van der Waals surface area contributed by atoms with Gasteiger partial charge in [0, 0.05) is 51.9 Å². The van der Waals surface area contributed by atoms with E-state index in [-0.39, 0.29) is 37.1 Å². The number of hydrogen-bond donors (Lipinski definition) is 0. The second kappa shape index (κ2) is 18.1. The Morgan fingerprint density at radius 2 is 1.69 bits per heavy atom. The number of benzene rings is 3. The monoisotopic (exact) mass is 753 g/mol. The normalized spacial score (nSPS) is 15.4. The molecule has 3 heterocycles. The van der Waals surface area contributed by atoms with Gasteiger partial charge >= 0.3 is 18.2 Å². The van der Waals surface area contributed by atoms with Gasteiger partial charge < -0.3 is 28.7 Å². The number of ether oxygens (including phenoxy) is 4. The lowest BCUT2D eigenvalue weighted by Crippen LogP contribution is -2.39. The fourth-order valence-corrected chi connectivity index (χ4v) is 7.45. The molecule has 0 saturated carbocycles. The van der Waals surface area contributed by atoms with Gasteiger partial charge in [-0.15, -0.1) is 5.10 Å². The Bertz CT molecular complexity index is 1930. The van der Waals surface area contributed by atoms with Crippen molar-refractivity contribution in [3.8, 4) is 0 Å². The number of esters is 1. The first-order valence-corrected chi connectivity index (χ1v) is 19.6. The van der Waals surface area contributed by atoms with Crippen LogP contribution >= 0.6 is 0 Å². The molecule has 0 unspecified atom stereocenters. The van der Waals surface area contributed by atoms with Crippen LogP contribution in [-0.4, -0.2) is 88.0 Å². The van der Waals surface area contributed by atoms with Gasteiger partial charge in [0.2, 0.25) is 0 Å². The molecule has 0 bridgehead atoms. The lowest BCUT2D eigenvalue weighted by molar-refractivity contribution is -0.143. The molecule has 6 rings (SSSR count). The molecule has 294 valence electrons. The van der Waals surface area contributed by atoms with Crippen LogP contribution in [0.2, 0.25) is 0 Å². The first kappa shape index (κ1) is 39.7. The molecule has 55 heavy (non-hydrogen) atoms. The summed E-state index contributed by atoms with van der Waals surface area (Å²) in [4.78, 5) is 41.9. The summed E-state index contributed by atoms with van der Waals surface area (Å²) in [7, 11) is 0. The number of carbonyl (C=O) groups excluding carboxylic acids is 3. The molecule has 3 aromatic carbocycles. The highest BCUT2D eigenvalue weighted by molar-refractivity contribution is 5.80. The van der Waals surface area contributed by atoms with Crippen LogP contribution in [0.3, 0.4) is 0 Å². The van der Waals surface area contributed by atoms with Gasteiger partial charge in [-0.3, -0.25) is 4.79 Å². The first-order chi connectivity index (χ1) is 26.5. The molecule has 2 amide bonds. The van der Waals surface area contributed by atoms with Gasteiger partial charge in [0.1, 0.15) is 17.7 Å². The number of amides is 2. The number of piperidine rings is 1. The Kier molecular flexibility index (Phi) is 13.1. The Balaban J connectivity index is 1.04. The minimum absolute atomic E-state index is 0.178. The zero-order valence-corrected chi connectivity index (χ0v) is 32.9. The van der Waals surface area contributed by atoms with E-state index in [2.05, 4.69) is 34.6 Å². The molecule has 0 aliphatic carbocycles. The van der Waals surface area contributed by atoms with E-state index in [4.69, 9.17) is 18.9 Å². The summed E-state index contributed by atoms with van der Waals surface area (Å²) in [5.74, 6) is -0.125. The Morgan fingerprint density at radius 1 is 0.909 bits per heavy atom. The summed E-state index contributed by atoms with van der Waals surface area (Å²) >= 11 is 0. The zero-order chi connectivity index (χ0) is 39.0. The minimum Gasteiger partial charge on any atom is -0.466 e. The molecular formula is C43H55N5O7. The number of aryl methyl sites for hydroxylation is 2. The van der Waals surface area contributed by atoms with Crippen molar-refractivity contribution in [2.45, 2.75) is 97.9 Å². The van der Waals surface area contributed by atoms with Gasteiger partial charge in [-0.05, 0) is 106 Å². The smallest absolute Gasteiger partial charge is 0.410 e. The lowest BCUT2D eigenvalue weighted by atomic mass is 9.83. The van der Waals surface area contributed by atoms with E-state index in [1.165, 1.54) is 5.56 Å². The maximum atomic E-state index is 13.0. The van der Waals surface area contributed by atoms with Crippen LogP contribution in [0.1, 0.15) is 92.7 Å². The number of aromatic nitrogens is 3. The number of nitrogens with zero attached hydrogens (tertiary/aromatic N) is 5. The van der Waals surface area contributed by atoms with Gasteiger partial charge in [0.25, 0.3) is 0 Å². The molecule has 0 radical (unpaired) electrons. The lowest BCUT2D eigenvalue weighted by Gasteiger charge is -2.32. The van der Waals surface area contributed by atoms with Crippen LogP contribution in [0.4, 0.5) is 9.59 Å². The minimum atomic E-state index is -0.571. The predicted molar refractivity (Wildman–Crippen MR) is 209 cm³/mol. The van der Waals surface area contributed by atoms with E-state index in [1.54, 1.807) is 9.80 Å². The Labute approximate surface area is 324 Å². The second-order valence-electron chi connectivity index (χ2n) is 15.6. The van der Waals surface area contributed by atoms with Crippen molar-refractivity contribution in [3.63, 3.8) is 0 Å². The van der Waals surface area contributed by atoms with Crippen LogP contribution in [-0.2, 0) is 49.9 Å². The maximum Gasteiger partial charge on any atom is 0.410 e. The van der Waals surface area contributed by atoms with Crippen molar-refractivity contribution >= 4 is 29.2 Å². The van der Waals surface area contributed by atoms with Crippen LogP contribution in [0.25, 0.3) is 11.0 Å². The van der Waals surface area contributed by atoms with Crippen molar-refractivity contribution in [1.82, 2.24) is 24.8 Å². The van der Waals surface area contributed by atoms with E-state index in [1.807, 2.05) is 75.7 Å². The highest BCUT2D eigenvalue weighted by atomic mass is 16.6. The summed E-state index contributed by atoms with van der Waals surface area (Å²) in [6.07, 6.45) is 2.91. The SMILES string of the molecule is CCOC(=O)C[C@@H](c1ccc2c(c1)CN(C(=O)OC(C)(C)C)CC2)c1ccc2c(nnn2CCCOCC2CCN(C(=O)OCc3ccccc3)CC2)c1C. The third-order valence-corrected chi connectivity index (χ3v) is 10.4. The molecule has 2 aliphatic heterocycles. The molecule has 2 aliphatic rings. The van der Waals surface area contributed by atoms with E-state index in [9.17, 15) is 14.4 Å². The molecule has 12 heteroatoms. The van der Waals surface area contributed by atoms with Gasteiger partial charge in [-0.2, -0.15) is 0 Å². The largest absolute Gasteiger partial charge is 0.466 e. The molecule has 0 N–H and O–H groups in total. The van der Waals surface area contributed by atoms with Gasteiger partial charge in [-0.25, -0.2) is 14.3 Å². The van der Waals surface area contributed by atoms with Crippen molar-refractivity contribution in [3.05, 3.63) is 94.0 Å². The first-order valence-electron chi connectivity index (χ1n) is 19.6. The van der Waals surface area contributed by atoms with Gasteiger partial charge in [0.15, 0.2) is 0 Å². The van der Waals surface area contributed by atoms with Crippen molar-refractivity contribution < 1.29 is 33.3 Å². The maximum absolute atomic E-state index is 13.0. The summed E-state index contributed by atoms with van der Waals surface area (Å²) in [5, 5.41) is 9.07. The van der Waals surface area contributed by atoms with E-state index < -0.39 is 5.60 Å². The van der Waals surface area contributed by atoms with Crippen molar-refractivity contribution in [1.29, 1.82) is 0 Å². The summed E-state index contributed by atoms with van der Waals surface area (Å²) in [6, 6.07) is 20.2. The molecule has 1 fully saturated rings. The molecule has 0 spiro atoms. The van der Waals surface area contributed by atoms with E-state index in [0.717, 1.165) is 64.5 Å². The topological polar surface area (TPSA) is 125 Å². The highest BCUT2D eigenvalue weighted by Gasteiger charge is 2.29. The van der Waals surface area contributed by atoms with Crippen molar-refractivity contribution in [2.24, 2.45) is 5.92 Å². The summed E-state index contributed by atoms with van der Waals surface area (Å²) in [6.45, 7) is 14.4. The highest BCUT2D eigenvalue weighted by Crippen LogP contribution is 2.36. The van der Waals surface area contributed by atoms with Crippen LogP contribution in [0, 0.1) is 12.8 Å². The Hall–Kier alpha value is -4.97. The van der Waals surface area contributed by atoms with Gasteiger partial charge in [0.05, 0.1) is 18.5 Å². The van der Waals surface area contributed by atoms with Crippen LogP contribution in [0.15, 0.2) is 60.7 Å². The molecule has 1 aromatic heterocycles. The number of fused-ring (bicyclic) bond motifs is 2. The average molecular weight is 754 g/mol. The fraction of sp³-hybridized carbons (Fsp3) is 0.512. The third kappa shape index (κ3) is 10.4. The number of carbonyl (C=O) groups is 3. The quantitative estimate of drug-likeness (QED) is 0.0772. The summed E-state index contributed by atoms with van der Waals surface area (Å²) in [5.41, 5.74) is 7.34. The molecule has 1 saturated heterocycles. The number of likely N-dealkylation sites (tertiary alicyclic amines) is 1. The number of hydrogen-bond acceptors (Lipinski definition) is 9. The van der Waals surface area contributed by atoms with Crippen LogP contribution < -0.4 is 0 Å². The third-order valence-electron chi connectivity index (χ3n) is 10.4. The molecular weight excluding hydrogens is 699 g/mol. The fourth-order valence-electron chi connectivity index (χ4n) is 7.45. The number of rotatable bonds is 13. The Morgan fingerprint density at radius 3 is 2.44 bits per heavy atom. The zero-order valence-electron chi connectivity index (χ0n) is 32.9. The van der Waals surface area contributed by atoms with E-state index in [0.29, 0.717) is 58.5 Å². The molecule has 1 atom stereocenters. The second-order valence-corrected chi connectivity index (χ2v) is 15.6.